The van der Waals surface area contributed by atoms with E-state index in [0.29, 0.717) is 12.2 Å². The summed E-state index contributed by atoms with van der Waals surface area (Å²) in [5, 5.41) is 12.2. The van der Waals surface area contributed by atoms with Gasteiger partial charge in [0, 0.05) is 13.0 Å². The Labute approximate surface area is 118 Å². The lowest BCUT2D eigenvalue weighted by molar-refractivity contribution is -0.148. The molecule has 0 aliphatic heterocycles. The van der Waals surface area contributed by atoms with E-state index in [4.69, 9.17) is 4.74 Å². The van der Waals surface area contributed by atoms with Gasteiger partial charge < -0.3 is 15.2 Å². The molecule has 1 aromatic rings. The summed E-state index contributed by atoms with van der Waals surface area (Å²) < 4.78 is 5.11. The van der Waals surface area contributed by atoms with Crippen molar-refractivity contribution >= 4 is 11.9 Å². The highest BCUT2D eigenvalue weighted by Gasteiger charge is 2.39. The fourth-order valence-electron chi connectivity index (χ4n) is 2.03. The van der Waals surface area contributed by atoms with E-state index in [2.05, 4.69) is 5.32 Å². The Morgan fingerprint density at radius 3 is 2.40 bits per heavy atom. The van der Waals surface area contributed by atoms with Gasteiger partial charge in [0.15, 0.2) is 5.54 Å². The second-order valence-corrected chi connectivity index (χ2v) is 4.43. The molecule has 0 aliphatic carbocycles. The maximum atomic E-state index is 11.9. The van der Waals surface area contributed by atoms with Crippen molar-refractivity contribution in [3.63, 3.8) is 0 Å². The molecular formula is C15H21NO4. The summed E-state index contributed by atoms with van der Waals surface area (Å²) in [6.07, 6.45) is 0.419. The van der Waals surface area contributed by atoms with E-state index in [1.54, 1.807) is 31.2 Å². The number of benzene rings is 1. The lowest BCUT2D eigenvalue weighted by Crippen LogP contribution is -2.51. The van der Waals surface area contributed by atoms with Gasteiger partial charge in [-0.15, -0.1) is 0 Å². The zero-order chi connectivity index (χ0) is 15.0. The number of hydrogen-bond donors (Lipinski definition) is 2. The summed E-state index contributed by atoms with van der Waals surface area (Å²) >= 11 is 0. The normalized spacial score (nSPS) is 13.5. The molecule has 1 unspecified atom stereocenters. The van der Waals surface area contributed by atoms with Crippen LogP contribution < -0.4 is 5.32 Å². The number of amides is 1. The minimum atomic E-state index is -1.38. The summed E-state index contributed by atoms with van der Waals surface area (Å²) in [6, 6.07) is 8.74. The molecule has 1 rings (SSSR count). The van der Waals surface area contributed by atoms with E-state index in [-0.39, 0.29) is 25.4 Å². The van der Waals surface area contributed by atoms with Crippen LogP contribution in [0.2, 0.25) is 0 Å². The average molecular weight is 279 g/mol. The minimum absolute atomic E-state index is 0.149. The molecule has 1 atom stereocenters. The highest BCUT2D eigenvalue weighted by atomic mass is 16.5. The van der Waals surface area contributed by atoms with Gasteiger partial charge in [-0.3, -0.25) is 4.79 Å². The number of carbonyl (C=O) groups excluding carboxylic acids is 1. The number of carboxylic acid groups (broad SMARTS) is 1. The van der Waals surface area contributed by atoms with Gasteiger partial charge in [0.05, 0.1) is 6.61 Å². The maximum Gasteiger partial charge on any atom is 0.334 e. The first-order chi connectivity index (χ1) is 9.56. The Kier molecular flexibility index (Phi) is 6.18. The molecule has 5 heteroatoms. The van der Waals surface area contributed by atoms with Crippen LogP contribution in [0.15, 0.2) is 30.3 Å². The van der Waals surface area contributed by atoms with Gasteiger partial charge in [0.1, 0.15) is 0 Å². The van der Waals surface area contributed by atoms with Crippen LogP contribution in [-0.2, 0) is 19.9 Å². The fourth-order valence-corrected chi connectivity index (χ4v) is 2.03. The predicted octanol–water partition coefficient (Wildman–Crippen LogP) is 1.92. The Bertz CT molecular complexity index is 446. The Balaban J connectivity index is 2.90. The van der Waals surface area contributed by atoms with Crippen molar-refractivity contribution in [2.24, 2.45) is 0 Å². The summed E-state index contributed by atoms with van der Waals surface area (Å²) in [7, 11) is 0. The molecular weight excluding hydrogens is 258 g/mol. The largest absolute Gasteiger partial charge is 0.479 e. The molecule has 1 amide bonds. The molecule has 0 saturated carbocycles. The van der Waals surface area contributed by atoms with Crippen LogP contribution in [0.5, 0.6) is 0 Å². The molecule has 0 fully saturated rings. The van der Waals surface area contributed by atoms with Gasteiger partial charge in [-0.2, -0.15) is 0 Å². The summed E-state index contributed by atoms with van der Waals surface area (Å²) in [5.41, 5.74) is -0.815. The van der Waals surface area contributed by atoms with Crippen LogP contribution >= 0.6 is 0 Å². The third-order valence-corrected chi connectivity index (χ3v) is 3.19. The predicted molar refractivity (Wildman–Crippen MR) is 75.3 cm³/mol. The van der Waals surface area contributed by atoms with E-state index < -0.39 is 11.5 Å². The lowest BCUT2D eigenvalue weighted by Gasteiger charge is -2.30. The van der Waals surface area contributed by atoms with Crippen molar-refractivity contribution in [2.75, 3.05) is 13.2 Å². The fraction of sp³-hybridized carbons (Fsp3) is 0.467. The van der Waals surface area contributed by atoms with Crippen molar-refractivity contribution in [3.8, 4) is 0 Å². The van der Waals surface area contributed by atoms with Gasteiger partial charge in [-0.1, -0.05) is 37.3 Å². The number of ether oxygens (including phenoxy) is 1. The number of aliphatic carboxylic acids is 1. The molecule has 110 valence electrons. The van der Waals surface area contributed by atoms with Gasteiger partial charge >= 0.3 is 5.97 Å². The third kappa shape index (κ3) is 3.81. The van der Waals surface area contributed by atoms with Crippen molar-refractivity contribution < 1.29 is 19.4 Å². The molecule has 0 radical (unpaired) electrons. The van der Waals surface area contributed by atoms with Gasteiger partial charge in [0.25, 0.3) is 0 Å². The summed E-state index contributed by atoms with van der Waals surface area (Å²) in [4.78, 5) is 23.6. The molecule has 5 nitrogen and oxygen atoms in total. The third-order valence-electron chi connectivity index (χ3n) is 3.19. The van der Waals surface area contributed by atoms with E-state index in [1.807, 2.05) is 13.0 Å². The highest BCUT2D eigenvalue weighted by molar-refractivity contribution is 5.88. The Morgan fingerprint density at radius 1 is 1.25 bits per heavy atom. The first kappa shape index (κ1) is 16.2. The SMILES string of the molecule is CCOCCC(=O)NC(CC)(C(=O)O)c1ccccc1. The van der Waals surface area contributed by atoms with Gasteiger partial charge in [-0.25, -0.2) is 4.79 Å². The molecule has 2 N–H and O–H groups in total. The maximum absolute atomic E-state index is 11.9. The monoisotopic (exact) mass is 279 g/mol. The number of carbonyl (C=O) groups is 2. The molecule has 20 heavy (non-hydrogen) atoms. The highest BCUT2D eigenvalue weighted by Crippen LogP contribution is 2.25. The molecule has 0 spiro atoms. The first-order valence-electron chi connectivity index (χ1n) is 6.74. The molecule has 0 bridgehead atoms. The van der Waals surface area contributed by atoms with E-state index in [0.717, 1.165) is 0 Å². The standard InChI is InChI=1S/C15H21NO4/c1-3-15(14(18)19,12-8-6-5-7-9-12)16-13(17)10-11-20-4-2/h5-9H,3-4,10-11H2,1-2H3,(H,16,17)(H,18,19). The van der Waals surface area contributed by atoms with E-state index >= 15 is 0 Å². The van der Waals surface area contributed by atoms with Crippen LogP contribution in [-0.4, -0.2) is 30.2 Å². The van der Waals surface area contributed by atoms with Crippen molar-refractivity contribution in [1.29, 1.82) is 0 Å². The lowest BCUT2D eigenvalue weighted by atomic mass is 9.87. The van der Waals surface area contributed by atoms with Gasteiger partial charge in [0.2, 0.25) is 5.91 Å². The molecule has 0 heterocycles. The van der Waals surface area contributed by atoms with Crippen LogP contribution in [0, 0.1) is 0 Å². The number of hydrogen-bond acceptors (Lipinski definition) is 3. The smallest absolute Gasteiger partial charge is 0.334 e. The van der Waals surface area contributed by atoms with Crippen molar-refractivity contribution in [3.05, 3.63) is 35.9 Å². The van der Waals surface area contributed by atoms with Crippen LogP contribution in [0.3, 0.4) is 0 Å². The van der Waals surface area contributed by atoms with Crippen molar-refractivity contribution in [2.45, 2.75) is 32.2 Å². The summed E-state index contributed by atoms with van der Waals surface area (Å²) in [5.74, 6) is -1.39. The van der Waals surface area contributed by atoms with Crippen LogP contribution in [0.1, 0.15) is 32.3 Å². The minimum Gasteiger partial charge on any atom is -0.479 e. The van der Waals surface area contributed by atoms with E-state index in [9.17, 15) is 14.7 Å². The van der Waals surface area contributed by atoms with Crippen LogP contribution in [0.25, 0.3) is 0 Å². The zero-order valence-corrected chi connectivity index (χ0v) is 11.9. The Hall–Kier alpha value is -1.88. The number of nitrogens with one attached hydrogen (secondary N) is 1. The van der Waals surface area contributed by atoms with Gasteiger partial charge in [-0.05, 0) is 18.9 Å². The Morgan fingerprint density at radius 2 is 1.90 bits per heavy atom. The van der Waals surface area contributed by atoms with Crippen LogP contribution in [0.4, 0.5) is 0 Å². The second-order valence-electron chi connectivity index (χ2n) is 4.43. The molecule has 0 aromatic heterocycles. The van der Waals surface area contributed by atoms with Crippen molar-refractivity contribution in [1.82, 2.24) is 5.32 Å². The zero-order valence-electron chi connectivity index (χ0n) is 11.9. The topological polar surface area (TPSA) is 75.6 Å². The quantitative estimate of drug-likeness (QED) is 0.713. The summed E-state index contributed by atoms with van der Waals surface area (Å²) in [6.45, 7) is 4.40. The number of carboxylic acids is 1. The molecule has 1 aromatic carbocycles. The number of rotatable bonds is 8. The molecule has 0 aliphatic rings. The first-order valence-corrected chi connectivity index (χ1v) is 6.74. The average Bonchev–Trinajstić information content (AvgIpc) is 2.45. The second kappa shape index (κ2) is 7.65. The molecule has 0 saturated heterocycles. The van der Waals surface area contributed by atoms with E-state index in [1.165, 1.54) is 0 Å².